The van der Waals surface area contributed by atoms with Crippen molar-refractivity contribution in [3.05, 3.63) is 70.7 Å². The third-order valence-electron chi connectivity index (χ3n) is 6.89. The third-order valence-corrected chi connectivity index (χ3v) is 9.85. The van der Waals surface area contributed by atoms with Gasteiger partial charge in [0, 0.05) is 41.3 Å². The number of aromatic nitrogens is 3. The van der Waals surface area contributed by atoms with Gasteiger partial charge < -0.3 is 15.1 Å². The molecule has 0 unspecified atom stereocenters. The Morgan fingerprint density at radius 2 is 1.27 bits per heavy atom. The number of azo groups is 2. The summed E-state index contributed by atoms with van der Waals surface area (Å²) < 4.78 is 100. The number of phenols is 2. The summed E-state index contributed by atoms with van der Waals surface area (Å²) in [5, 5.41) is 36.6. The quantitative estimate of drug-likeness (QED) is 0.0609. The Morgan fingerprint density at radius 1 is 0.673 bits per heavy atom. The van der Waals surface area contributed by atoms with Gasteiger partial charge in [0.05, 0.1) is 10.6 Å². The molecule has 4 aromatic carbocycles. The molecule has 0 aliphatic heterocycles. The number of aromatic hydroxyl groups is 2. The molecule has 0 aliphatic carbocycles. The average molecular weight is 863 g/mol. The van der Waals surface area contributed by atoms with E-state index in [0.717, 1.165) is 18.2 Å². The zero-order valence-electron chi connectivity index (χ0n) is 25.7. The second-order valence-corrected chi connectivity index (χ2v) is 15.2. The Kier molecular flexibility index (Phi) is 11.6. The average Bonchev–Trinajstić information content (AvgIpc) is 3.02. The fraction of sp³-hybridized carbons (Fsp3) is 0.0741. The molecule has 0 saturated carbocycles. The number of anilines is 2. The van der Waals surface area contributed by atoms with Crippen molar-refractivity contribution in [1.82, 2.24) is 15.0 Å². The van der Waals surface area contributed by atoms with Gasteiger partial charge in [0.25, 0.3) is 30.4 Å². The van der Waals surface area contributed by atoms with Crippen LogP contribution >= 0.6 is 23.2 Å². The van der Waals surface area contributed by atoms with E-state index in [4.69, 9.17) is 23.2 Å². The maximum atomic E-state index is 12.4. The summed E-state index contributed by atoms with van der Waals surface area (Å²) in [6, 6.07) is 9.62. The van der Waals surface area contributed by atoms with Crippen molar-refractivity contribution >= 4 is 98.7 Å². The van der Waals surface area contributed by atoms with E-state index in [1.807, 2.05) is 0 Å². The van der Waals surface area contributed by atoms with Gasteiger partial charge in [0.1, 0.15) is 32.6 Å². The van der Waals surface area contributed by atoms with Gasteiger partial charge in [0.15, 0.2) is 5.75 Å². The topological polar surface area (TPSA) is 295 Å². The number of phenolic OH excluding ortho intramolecular Hbond substituents is 2. The van der Waals surface area contributed by atoms with Crippen molar-refractivity contribution in [2.45, 2.75) is 21.6 Å². The van der Waals surface area contributed by atoms with Crippen LogP contribution < -0.4 is 4.90 Å². The monoisotopic (exact) mass is 861 g/mol. The molecule has 0 atom stereocenters. The molecule has 1 heterocycles. The third kappa shape index (κ3) is 8.78. The van der Waals surface area contributed by atoms with Gasteiger partial charge >= 0.3 is 0 Å². The van der Waals surface area contributed by atoms with Crippen molar-refractivity contribution in [3.8, 4) is 11.5 Å². The number of halogens is 2. The molecule has 1 aromatic heterocycles. The molecule has 5 rings (SSSR count). The number of aryl methyl sites for hydroxylation is 1. The van der Waals surface area contributed by atoms with Crippen LogP contribution in [0, 0.1) is 6.92 Å². The Morgan fingerprint density at radius 3 is 1.87 bits per heavy atom. The molecule has 0 spiro atoms. The van der Waals surface area contributed by atoms with E-state index in [9.17, 15) is 49.1 Å². The number of fused-ring (bicyclic) bond motifs is 1. The van der Waals surface area contributed by atoms with E-state index in [0.29, 0.717) is 17.8 Å². The summed E-state index contributed by atoms with van der Waals surface area (Å²) in [5.41, 5.74) is -1.16. The van der Waals surface area contributed by atoms with Crippen LogP contribution in [-0.4, -0.2) is 71.1 Å². The summed E-state index contributed by atoms with van der Waals surface area (Å²) in [5.74, 6) is -1.28. The molecule has 0 amide bonds. The number of hydrogen-bond acceptors (Lipinski definition) is 16. The Labute approximate surface area is 314 Å². The largest absolute Gasteiger partial charge is 0.506 e. The fourth-order valence-electron chi connectivity index (χ4n) is 4.45. The molecule has 19 nitrogen and oxygen atoms in total. The van der Waals surface area contributed by atoms with Gasteiger partial charge in [-0.1, -0.05) is 0 Å². The van der Waals surface area contributed by atoms with Gasteiger partial charge in [-0.25, -0.2) is 0 Å². The zero-order chi connectivity index (χ0) is 37.6. The molecule has 0 aliphatic rings. The summed E-state index contributed by atoms with van der Waals surface area (Å²) >= 11 is 11.7. The SMILES string of the molecule is Cc1cc(N=Nc2c(S(=O)(=O)O)cc3cc(N(C)c4nc(Cl)nc(Cl)n4)ccc3c2O)c(O)cc1N=Nc1cc(S(=O)(=O)O)ccc1S(=O)(=O)O.[Cu]. The normalized spacial score (nSPS) is 12.4. The Bertz CT molecular complexity index is 2650. The molecule has 1 radical (unpaired) electrons. The fourth-order valence-corrected chi connectivity index (χ4v) is 6.56. The van der Waals surface area contributed by atoms with Crippen LogP contribution in [0.15, 0.2) is 89.7 Å². The van der Waals surface area contributed by atoms with Crippen molar-refractivity contribution in [1.29, 1.82) is 0 Å². The second kappa shape index (κ2) is 14.9. The molecule has 25 heteroatoms. The second-order valence-electron chi connectivity index (χ2n) is 10.3. The number of nitrogens with zero attached hydrogens (tertiary/aromatic N) is 8. The summed E-state index contributed by atoms with van der Waals surface area (Å²) in [4.78, 5) is 10.6. The van der Waals surface area contributed by atoms with Crippen LogP contribution in [0.25, 0.3) is 10.8 Å². The smallest absolute Gasteiger partial charge is 0.296 e. The van der Waals surface area contributed by atoms with E-state index in [2.05, 4.69) is 35.4 Å². The molecule has 52 heavy (non-hydrogen) atoms. The van der Waals surface area contributed by atoms with Gasteiger partial charge in [0.2, 0.25) is 16.5 Å². The van der Waals surface area contributed by atoms with Gasteiger partial charge in [-0.2, -0.15) is 45.3 Å². The van der Waals surface area contributed by atoms with Gasteiger partial charge in [-0.05, 0) is 89.6 Å². The molecule has 0 fully saturated rings. The van der Waals surface area contributed by atoms with E-state index in [1.165, 1.54) is 36.1 Å². The molecular weight excluding hydrogens is 843 g/mol. The van der Waals surface area contributed by atoms with Crippen molar-refractivity contribution in [2.75, 3.05) is 11.9 Å². The standard InChI is InChI=1S/C27H20Cl2N8O11S3.Cu/c1-12-7-18(20(38)11-17(12)33-35-19-10-15(49(40,41)42)4-6-21(19)50(43,44)45)34-36-23-22(51(46,47)48)9-13-8-14(3-5-16(13)24(23)39)37(2)27-31-25(28)30-26(29)32-27;/h3-11,38-39H,1-2H3,(H,40,41,42)(H,43,44,45)(H,46,47,48);. The van der Waals surface area contributed by atoms with Crippen LogP contribution in [0.2, 0.25) is 10.6 Å². The number of hydrogen-bond donors (Lipinski definition) is 5. The van der Waals surface area contributed by atoms with Gasteiger partial charge in [-0.3, -0.25) is 13.7 Å². The summed E-state index contributed by atoms with van der Waals surface area (Å²) in [6.07, 6.45) is 0. The first-order chi connectivity index (χ1) is 23.6. The van der Waals surface area contributed by atoms with Crippen LogP contribution in [0.5, 0.6) is 11.5 Å². The minimum Gasteiger partial charge on any atom is -0.506 e. The molecule has 5 N–H and O–H groups in total. The predicted octanol–water partition coefficient (Wildman–Crippen LogP) is 6.39. The first-order valence-corrected chi connectivity index (χ1v) is 18.6. The Balaban J connectivity index is 0.00000605. The van der Waals surface area contributed by atoms with E-state index in [-0.39, 0.29) is 61.3 Å². The maximum absolute atomic E-state index is 12.4. The van der Waals surface area contributed by atoms with Gasteiger partial charge in [-0.15, -0.1) is 15.3 Å². The first kappa shape index (κ1) is 40.4. The minimum atomic E-state index is -5.03. The first-order valence-electron chi connectivity index (χ1n) is 13.5. The maximum Gasteiger partial charge on any atom is 0.296 e. The van der Waals surface area contributed by atoms with Crippen molar-refractivity contribution < 1.29 is 66.2 Å². The van der Waals surface area contributed by atoms with Crippen LogP contribution in [-0.2, 0) is 47.4 Å². The number of rotatable bonds is 9. The molecule has 277 valence electrons. The van der Waals surface area contributed by atoms with Crippen LogP contribution in [0.4, 0.5) is 34.4 Å². The van der Waals surface area contributed by atoms with Crippen LogP contribution in [0.3, 0.4) is 0 Å². The summed E-state index contributed by atoms with van der Waals surface area (Å²) in [7, 11) is -13.2. The van der Waals surface area contributed by atoms with Crippen LogP contribution in [0.1, 0.15) is 5.56 Å². The molecule has 5 aromatic rings. The molecular formula is C27H20Cl2CuN8O11S3. The zero-order valence-corrected chi connectivity index (χ0v) is 30.6. The van der Waals surface area contributed by atoms with E-state index < -0.39 is 67.9 Å². The summed E-state index contributed by atoms with van der Waals surface area (Å²) in [6.45, 7) is 1.44. The minimum absolute atomic E-state index is 0. The number of benzene rings is 4. The van der Waals surface area contributed by atoms with E-state index >= 15 is 0 Å². The predicted molar refractivity (Wildman–Crippen MR) is 181 cm³/mol. The van der Waals surface area contributed by atoms with Crippen molar-refractivity contribution in [3.63, 3.8) is 0 Å². The van der Waals surface area contributed by atoms with Crippen molar-refractivity contribution in [2.24, 2.45) is 20.5 Å². The molecule has 0 saturated heterocycles. The Hall–Kier alpha value is -4.42. The van der Waals surface area contributed by atoms with E-state index in [1.54, 1.807) is 7.05 Å². The molecule has 0 bridgehead atoms.